The number of nitrogens with zero attached hydrogens (tertiary/aromatic N) is 4. The molecule has 5 rings (SSSR count). The van der Waals surface area contributed by atoms with E-state index in [1.807, 2.05) is 58.9 Å². The van der Waals surface area contributed by atoms with Gasteiger partial charge in [0, 0.05) is 44.1 Å². The average molecular weight is 521 g/mol. The minimum atomic E-state index is -0.554. The summed E-state index contributed by atoms with van der Waals surface area (Å²) in [4.78, 5) is 38.0. The van der Waals surface area contributed by atoms with Crippen LogP contribution in [0.25, 0.3) is 11.1 Å². The summed E-state index contributed by atoms with van der Waals surface area (Å²) in [6.07, 6.45) is 3.17. The quantitative estimate of drug-likeness (QED) is 0.467. The zero-order valence-corrected chi connectivity index (χ0v) is 22.9. The highest BCUT2D eigenvalue weighted by molar-refractivity contribution is 6.06. The van der Waals surface area contributed by atoms with Crippen LogP contribution in [0.4, 0.5) is 27.9 Å². The van der Waals surface area contributed by atoms with Gasteiger partial charge in [0.15, 0.2) is 11.4 Å². The maximum Gasteiger partial charge on any atom is 0.410 e. The molecule has 0 unspecified atom stereocenters. The van der Waals surface area contributed by atoms with Crippen LogP contribution in [-0.2, 0) is 14.9 Å². The summed E-state index contributed by atoms with van der Waals surface area (Å²) in [5.74, 6) is 1.58. The molecule has 2 aromatic heterocycles. The molecule has 1 aromatic carbocycles. The van der Waals surface area contributed by atoms with Gasteiger partial charge < -0.3 is 29.6 Å². The minimum absolute atomic E-state index is 0.0105. The highest BCUT2D eigenvalue weighted by atomic mass is 16.6. The summed E-state index contributed by atoms with van der Waals surface area (Å²) in [5.41, 5.74) is 2.88. The third kappa shape index (κ3) is 5.12. The Labute approximate surface area is 222 Å². The number of hydrogen-bond donors (Lipinski definition) is 2. The van der Waals surface area contributed by atoms with E-state index in [4.69, 9.17) is 14.1 Å². The smallest absolute Gasteiger partial charge is 0.410 e. The molecule has 10 nitrogen and oxygen atoms in total. The molecule has 202 valence electrons. The summed E-state index contributed by atoms with van der Waals surface area (Å²) in [6.45, 7) is 11.7. The first kappa shape index (κ1) is 25.8. The van der Waals surface area contributed by atoms with Crippen LogP contribution >= 0.6 is 0 Å². The monoisotopic (exact) mass is 520 g/mol. The normalized spacial score (nSPS) is 17.3. The van der Waals surface area contributed by atoms with Gasteiger partial charge in [0.25, 0.3) is 0 Å². The number of nitrogens with one attached hydrogen (secondary N) is 2. The van der Waals surface area contributed by atoms with E-state index >= 15 is 0 Å². The molecule has 0 radical (unpaired) electrons. The Balaban J connectivity index is 1.28. The van der Waals surface area contributed by atoms with Crippen molar-refractivity contribution in [3.63, 3.8) is 0 Å². The molecule has 0 atom stereocenters. The minimum Gasteiger partial charge on any atom is -0.459 e. The molecule has 0 bridgehead atoms. The van der Waals surface area contributed by atoms with Gasteiger partial charge in [0.1, 0.15) is 11.1 Å². The van der Waals surface area contributed by atoms with Gasteiger partial charge in [-0.05, 0) is 71.1 Å². The Morgan fingerprint density at radius 2 is 1.97 bits per heavy atom. The van der Waals surface area contributed by atoms with Crippen molar-refractivity contribution in [2.45, 2.75) is 58.5 Å². The summed E-state index contributed by atoms with van der Waals surface area (Å²) < 4.78 is 11.3. The number of piperidine rings is 1. The Bertz CT molecular complexity index is 1370. The van der Waals surface area contributed by atoms with E-state index in [0.29, 0.717) is 24.0 Å². The lowest BCUT2D eigenvalue weighted by molar-refractivity contribution is -0.119. The number of aromatic nitrogens is 2. The molecule has 10 heteroatoms. The number of rotatable bonds is 5. The van der Waals surface area contributed by atoms with Crippen LogP contribution in [0.15, 0.2) is 34.9 Å². The summed E-state index contributed by atoms with van der Waals surface area (Å²) in [6, 6.07) is 7.65. The molecule has 2 N–H and O–H groups in total. The standard InChI is InChI=1S/C28H36N6O4/c1-27(2,3)38-26(36)33(6)16-17-9-12-34(13-10-17)23-22-20(11-14-37-22)31-25(32-23)29-18-7-8-19-21(15-18)30-24(35)28(19,4)5/h7-8,11,14-15,17H,9-10,12-13,16H2,1-6H3,(H,30,35)(H,29,31,32). The van der Waals surface area contributed by atoms with Crippen LogP contribution < -0.4 is 15.5 Å². The molecule has 0 aliphatic carbocycles. The molecule has 3 aromatic rings. The van der Waals surface area contributed by atoms with Gasteiger partial charge in [-0.25, -0.2) is 9.78 Å². The van der Waals surface area contributed by atoms with Crippen molar-refractivity contribution in [2.24, 2.45) is 5.92 Å². The van der Waals surface area contributed by atoms with Gasteiger partial charge in [-0.3, -0.25) is 4.79 Å². The fraction of sp³-hybridized carbons (Fsp3) is 0.500. The van der Waals surface area contributed by atoms with Crippen LogP contribution in [0, 0.1) is 5.92 Å². The third-order valence-corrected chi connectivity index (χ3v) is 7.20. The maximum atomic E-state index is 12.4. The number of furan rings is 1. The molecule has 2 aliphatic rings. The Morgan fingerprint density at radius 3 is 2.68 bits per heavy atom. The summed E-state index contributed by atoms with van der Waals surface area (Å²) in [7, 11) is 1.79. The molecule has 38 heavy (non-hydrogen) atoms. The van der Waals surface area contributed by atoms with Crippen LogP contribution in [0.5, 0.6) is 0 Å². The second kappa shape index (κ2) is 9.49. The van der Waals surface area contributed by atoms with Crippen molar-refractivity contribution < 1.29 is 18.7 Å². The molecule has 1 saturated heterocycles. The lowest BCUT2D eigenvalue weighted by Gasteiger charge is -2.34. The van der Waals surface area contributed by atoms with Crippen LogP contribution in [0.1, 0.15) is 53.0 Å². The Hall–Kier alpha value is -3.82. The largest absolute Gasteiger partial charge is 0.459 e. The van der Waals surface area contributed by atoms with Gasteiger partial charge in [0.2, 0.25) is 11.9 Å². The highest BCUT2D eigenvalue weighted by Gasteiger charge is 2.38. The van der Waals surface area contributed by atoms with Gasteiger partial charge in [-0.2, -0.15) is 4.98 Å². The average Bonchev–Trinajstić information content (AvgIpc) is 3.39. The van der Waals surface area contributed by atoms with Crippen molar-refractivity contribution in [2.75, 3.05) is 42.2 Å². The molecule has 0 saturated carbocycles. The first-order chi connectivity index (χ1) is 17.9. The Morgan fingerprint density at radius 1 is 1.24 bits per heavy atom. The van der Waals surface area contributed by atoms with Crippen LogP contribution in [-0.4, -0.2) is 59.2 Å². The number of carbonyl (C=O) groups is 2. The number of hydrogen-bond acceptors (Lipinski definition) is 8. The summed E-state index contributed by atoms with van der Waals surface area (Å²) in [5, 5.41) is 6.27. The van der Waals surface area contributed by atoms with E-state index in [9.17, 15) is 9.59 Å². The zero-order chi connectivity index (χ0) is 27.2. The molecule has 4 heterocycles. The van der Waals surface area contributed by atoms with E-state index in [0.717, 1.165) is 54.2 Å². The van der Waals surface area contributed by atoms with Crippen LogP contribution in [0.3, 0.4) is 0 Å². The highest BCUT2D eigenvalue weighted by Crippen LogP contribution is 2.39. The first-order valence-electron chi connectivity index (χ1n) is 13.1. The second-order valence-corrected chi connectivity index (χ2v) is 11.8. The van der Waals surface area contributed by atoms with E-state index in [-0.39, 0.29) is 12.0 Å². The third-order valence-electron chi connectivity index (χ3n) is 7.20. The summed E-state index contributed by atoms with van der Waals surface area (Å²) >= 11 is 0. The van der Waals surface area contributed by atoms with Gasteiger partial charge in [0.05, 0.1) is 11.7 Å². The molecule has 2 amide bonds. The maximum absolute atomic E-state index is 12.4. The van der Waals surface area contributed by atoms with Gasteiger partial charge in [-0.15, -0.1) is 0 Å². The Kier molecular flexibility index (Phi) is 6.44. The topological polar surface area (TPSA) is 113 Å². The van der Waals surface area contributed by atoms with Crippen LogP contribution in [0.2, 0.25) is 0 Å². The predicted molar refractivity (Wildman–Crippen MR) is 147 cm³/mol. The molecule has 1 fully saturated rings. The number of amides is 2. The number of ether oxygens (including phenoxy) is 1. The van der Waals surface area contributed by atoms with Crippen molar-refractivity contribution in [1.29, 1.82) is 0 Å². The van der Waals surface area contributed by atoms with Crippen molar-refractivity contribution in [3.05, 3.63) is 36.1 Å². The molecule has 2 aliphatic heterocycles. The van der Waals surface area contributed by atoms with Gasteiger partial charge >= 0.3 is 6.09 Å². The van der Waals surface area contributed by atoms with E-state index in [1.165, 1.54) is 0 Å². The number of fused-ring (bicyclic) bond motifs is 2. The van der Waals surface area contributed by atoms with Gasteiger partial charge in [-0.1, -0.05) is 6.07 Å². The lowest BCUT2D eigenvalue weighted by Crippen LogP contribution is -2.41. The van der Waals surface area contributed by atoms with E-state index in [1.54, 1.807) is 18.2 Å². The fourth-order valence-electron chi connectivity index (χ4n) is 5.05. The number of carbonyl (C=O) groups excluding carboxylic acids is 2. The predicted octanol–water partition coefficient (Wildman–Crippen LogP) is 5.28. The molecule has 0 spiro atoms. The fourth-order valence-corrected chi connectivity index (χ4v) is 5.05. The second-order valence-electron chi connectivity index (χ2n) is 11.8. The first-order valence-corrected chi connectivity index (χ1v) is 13.1. The number of anilines is 4. The molecular weight excluding hydrogens is 484 g/mol. The number of benzene rings is 1. The van der Waals surface area contributed by atoms with Crippen molar-refractivity contribution in [3.8, 4) is 0 Å². The van der Waals surface area contributed by atoms with E-state index < -0.39 is 11.0 Å². The van der Waals surface area contributed by atoms with Crippen molar-refractivity contribution in [1.82, 2.24) is 14.9 Å². The molecular formula is C28H36N6O4. The van der Waals surface area contributed by atoms with E-state index in [2.05, 4.69) is 20.5 Å². The lowest BCUT2D eigenvalue weighted by atomic mass is 9.86. The SMILES string of the molecule is CN(CC1CCN(c2nc(Nc3ccc4c(c3)NC(=O)C4(C)C)nc3ccoc23)CC1)C(=O)OC(C)(C)C. The van der Waals surface area contributed by atoms with Crippen molar-refractivity contribution >= 4 is 46.2 Å². The zero-order valence-electron chi connectivity index (χ0n) is 22.9.